The summed E-state index contributed by atoms with van der Waals surface area (Å²) in [6.45, 7) is 6.31. The summed E-state index contributed by atoms with van der Waals surface area (Å²) in [4.78, 5) is 22.1. The quantitative estimate of drug-likeness (QED) is 0.776. The first kappa shape index (κ1) is 16.4. The fourth-order valence-corrected chi connectivity index (χ4v) is 4.31. The Morgan fingerprint density at radius 2 is 2.04 bits per heavy atom. The molecule has 3 aromatic heterocycles. The zero-order chi connectivity index (χ0) is 17.2. The van der Waals surface area contributed by atoms with Crippen LogP contribution in [0, 0.1) is 6.92 Å². The van der Waals surface area contributed by atoms with Crippen LogP contribution in [0.5, 0.6) is 0 Å². The standard InChI is InChI=1S/C18H22N6S/c1-12-9-15-17(21-11-22-18(15)25-12)24-7-4-14(5-8-24)23-13(2)16-3-6-19-10-20-16/h3,6,9-11,13-14,23H,4-5,7-8H2,1-2H3/t13-/m1/s1. The normalized spacial score (nSPS) is 17.1. The number of hydrogen-bond acceptors (Lipinski definition) is 7. The molecule has 25 heavy (non-hydrogen) atoms. The lowest BCUT2D eigenvalue weighted by atomic mass is 10.0. The molecule has 1 atom stereocenters. The van der Waals surface area contributed by atoms with Crippen molar-refractivity contribution in [2.45, 2.75) is 38.8 Å². The molecule has 0 amide bonds. The smallest absolute Gasteiger partial charge is 0.140 e. The van der Waals surface area contributed by atoms with Crippen molar-refractivity contribution in [1.82, 2.24) is 25.3 Å². The van der Waals surface area contributed by atoms with E-state index in [9.17, 15) is 0 Å². The van der Waals surface area contributed by atoms with E-state index in [0.29, 0.717) is 6.04 Å². The van der Waals surface area contributed by atoms with Gasteiger partial charge >= 0.3 is 0 Å². The lowest BCUT2D eigenvalue weighted by Gasteiger charge is -2.34. The van der Waals surface area contributed by atoms with Crippen LogP contribution >= 0.6 is 11.3 Å². The van der Waals surface area contributed by atoms with Crippen molar-refractivity contribution in [3.05, 3.63) is 41.6 Å². The number of rotatable bonds is 4. The Bertz CT molecular complexity index is 841. The Kier molecular flexibility index (Phi) is 4.59. The van der Waals surface area contributed by atoms with Crippen LogP contribution in [0.1, 0.15) is 36.4 Å². The van der Waals surface area contributed by atoms with E-state index in [2.05, 4.69) is 50.1 Å². The van der Waals surface area contributed by atoms with E-state index in [0.717, 1.165) is 42.3 Å². The first-order chi connectivity index (χ1) is 12.2. The van der Waals surface area contributed by atoms with Crippen LogP contribution in [0.3, 0.4) is 0 Å². The van der Waals surface area contributed by atoms with Crippen LogP contribution in [0.25, 0.3) is 10.2 Å². The Labute approximate surface area is 151 Å². The van der Waals surface area contributed by atoms with E-state index >= 15 is 0 Å². The first-order valence-corrected chi connectivity index (χ1v) is 9.50. The zero-order valence-corrected chi connectivity index (χ0v) is 15.3. The molecule has 1 N–H and O–H groups in total. The summed E-state index contributed by atoms with van der Waals surface area (Å²) in [6, 6.07) is 4.92. The maximum absolute atomic E-state index is 4.56. The summed E-state index contributed by atoms with van der Waals surface area (Å²) >= 11 is 1.73. The number of fused-ring (bicyclic) bond motifs is 1. The van der Waals surface area contributed by atoms with Crippen LogP contribution in [-0.2, 0) is 0 Å². The molecule has 130 valence electrons. The minimum absolute atomic E-state index is 0.241. The molecule has 0 spiro atoms. The third-order valence-corrected chi connectivity index (χ3v) is 5.72. The highest BCUT2D eigenvalue weighted by Crippen LogP contribution is 2.31. The molecule has 6 nitrogen and oxygen atoms in total. The summed E-state index contributed by atoms with van der Waals surface area (Å²) in [5, 5.41) is 4.89. The number of nitrogens with zero attached hydrogens (tertiary/aromatic N) is 5. The number of aryl methyl sites for hydroxylation is 1. The van der Waals surface area contributed by atoms with Gasteiger partial charge in [-0.2, -0.15) is 0 Å². The number of nitrogens with one attached hydrogen (secondary N) is 1. The predicted octanol–water partition coefficient (Wildman–Crippen LogP) is 3.11. The Morgan fingerprint density at radius 3 is 2.80 bits per heavy atom. The number of piperidine rings is 1. The average molecular weight is 354 g/mol. The number of hydrogen-bond donors (Lipinski definition) is 1. The molecule has 0 unspecified atom stereocenters. The van der Waals surface area contributed by atoms with Crippen LogP contribution in [0.15, 0.2) is 31.0 Å². The lowest BCUT2D eigenvalue weighted by molar-refractivity contribution is 0.377. The van der Waals surface area contributed by atoms with E-state index in [4.69, 9.17) is 0 Å². The predicted molar refractivity (Wildman–Crippen MR) is 101 cm³/mol. The summed E-state index contributed by atoms with van der Waals surface area (Å²) in [5.74, 6) is 1.08. The number of anilines is 1. The number of aromatic nitrogens is 4. The molecule has 4 rings (SSSR count). The molecule has 1 saturated heterocycles. The monoisotopic (exact) mass is 354 g/mol. The SMILES string of the molecule is Cc1cc2c(N3CCC(N[C@H](C)c4ccncn4)CC3)ncnc2s1. The van der Waals surface area contributed by atoms with Gasteiger partial charge in [-0.25, -0.2) is 19.9 Å². The van der Waals surface area contributed by atoms with Crippen molar-refractivity contribution in [3.8, 4) is 0 Å². The van der Waals surface area contributed by atoms with Crippen LogP contribution < -0.4 is 10.2 Å². The highest BCUT2D eigenvalue weighted by Gasteiger charge is 2.23. The summed E-state index contributed by atoms with van der Waals surface area (Å²) < 4.78 is 0. The molecule has 4 heterocycles. The van der Waals surface area contributed by atoms with Gasteiger partial charge in [0.1, 0.15) is 23.3 Å². The number of thiophene rings is 1. The fraction of sp³-hybridized carbons (Fsp3) is 0.444. The Balaban J connectivity index is 1.41. The summed E-state index contributed by atoms with van der Waals surface area (Å²) in [6.07, 6.45) is 7.30. The van der Waals surface area contributed by atoms with Crippen LogP contribution in [0.4, 0.5) is 5.82 Å². The van der Waals surface area contributed by atoms with Crippen LogP contribution in [-0.4, -0.2) is 39.1 Å². The summed E-state index contributed by atoms with van der Waals surface area (Å²) in [7, 11) is 0. The molecule has 7 heteroatoms. The zero-order valence-electron chi connectivity index (χ0n) is 14.5. The molecule has 1 fully saturated rings. The fourth-order valence-electron chi connectivity index (χ4n) is 3.47. The van der Waals surface area contributed by atoms with Crippen molar-refractivity contribution in [3.63, 3.8) is 0 Å². The third-order valence-electron chi connectivity index (χ3n) is 4.76. The van der Waals surface area contributed by atoms with E-state index in [-0.39, 0.29) is 6.04 Å². The molecule has 0 bridgehead atoms. The molecular weight excluding hydrogens is 332 g/mol. The van der Waals surface area contributed by atoms with Crippen molar-refractivity contribution in [1.29, 1.82) is 0 Å². The van der Waals surface area contributed by atoms with Crippen molar-refractivity contribution < 1.29 is 0 Å². The molecule has 0 aliphatic carbocycles. The highest BCUT2D eigenvalue weighted by atomic mass is 32.1. The third kappa shape index (κ3) is 3.48. The van der Waals surface area contributed by atoms with Gasteiger partial charge in [0.25, 0.3) is 0 Å². The van der Waals surface area contributed by atoms with Gasteiger partial charge in [-0.3, -0.25) is 0 Å². The minimum Gasteiger partial charge on any atom is -0.356 e. The maximum atomic E-state index is 4.56. The molecule has 0 saturated carbocycles. The second-order valence-corrected chi connectivity index (χ2v) is 7.79. The maximum Gasteiger partial charge on any atom is 0.140 e. The molecule has 0 radical (unpaired) electrons. The van der Waals surface area contributed by atoms with Gasteiger partial charge in [-0.15, -0.1) is 11.3 Å². The topological polar surface area (TPSA) is 66.8 Å². The van der Waals surface area contributed by atoms with Crippen LogP contribution in [0.2, 0.25) is 0 Å². The molecule has 0 aromatic carbocycles. The average Bonchev–Trinajstić information content (AvgIpc) is 3.03. The molecule has 3 aromatic rings. The van der Waals surface area contributed by atoms with Gasteiger partial charge in [0.2, 0.25) is 0 Å². The van der Waals surface area contributed by atoms with Gasteiger partial charge in [0.05, 0.1) is 11.1 Å². The van der Waals surface area contributed by atoms with E-state index in [1.54, 1.807) is 30.2 Å². The van der Waals surface area contributed by atoms with Crippen molar-refractivity contribution in [2.75, 3.05) is 18.0 Å². The Hall–Kier alpha value is -2.12. The molecule has 1 aliphatic heterocycles. The Morgan fingerprint density at radius 1 is 1.20 bits per heavy atom. The second kappa shape index (κ2) is 7.01. The minimum atomic E-state index is 0.241. The van der Waals surface area contributed by atoms with Gasteiger partial charge in [-0.1, -0.05) is 0 Å². The van der Waals surface area contributed by atoms with Crippen molar-refractivity contribution in [2.24, 2.45) is 0 Å². The van der Waals surface area contributed by atoms with Crippen molar-refractivity contribution >= 4 is 27.4 Å². The van der Waals surface area contributed by atoms with Gasteiger partial charge in [-0.05, 0) is 38.8 Å². The summed E-state index contributed by atoms with van der Waals surface area (Å²) in [5.41, 5.74) is 1.05. The lowest BCUT2D eigenvalue weighted by Crippen LogP contribution is -2.43. The van der Waals surface area contributed by atoms with Gasteiger partial charge in [0, 0.05) is 36.2 Å². The van der Waals surface area contributed by atoms with Gasteiger partial charge in [0.15, 0.2) is 0 Å². The second-order valence-electron chi connectivity index (χ2n) is 6.56. The van der Waals surface area contributed by atoms with Gasteiger partial charge < -0.3 is 10.2 Å². The van der Waals surface area contributed by atoms with E-state index in [1.165, 1.54) is 10.3 Å². The largest absolute Gasteiger partial charge is 0.356 e. The highest BCUT2D eigenvalue weighted by molar-refractivity contribution is 7.18. The molecule has 1 aliphatic rings. The van der Waals surface area contributed by atoms with E-state index < -0.39 is 0 Å². The van der Waals surface area contributed by atoms with E-state index in [1.807, 2.05) is 6.07 Å². The first-order valence-electron chi connectivity index (χ1n) is 8.69. The molecular formula is C18H22N6S.